The standard InChI is InChI=1S/C8H7ClO4S/c9-14(12,13)5-7-3-8(11)2-1-6(7)4-10/h1-4,11H,5H2. The van der Waals surface area contributed by atoms with Crippen LogP contribution in [0.4, 0.5) is 0 Å². The summed E-state index contributed by atoms with van der Waals surface area (Å²) in [6.45, 7) is 0. The summed E-state index contributed by atoms with van der Waals surface area (Å²) in [7, 11) is 1.30. The number of benzene rings is 1. The first kappa shape index (κ1) is 11.0. The normalized spacial score (nSPS) is 11.2. The van der Waals surface area contributed by atoms with Crippen LogP contribution in [0.25, 0.3) is 0 Å². The first-order valence-electron chi connectivity index (χ1n) is 3.62. The van der Waals surface area contributed by atoms with E-state index in [0.717, 1.165) is 0 Å². The van der Waals surface area contributed by atoms with E-state index in [1.165, 1.54) is 18.2 Å². The summed E-state index contributed by atoms with van der Waals surface area (Å²) < 4.78 is 21.5. The van der Waals surface area contributed by atoms with Gasteiger partial charge in [-0.05, 0) is 23.8 Å². The molecule has 0 aromatic heterocycles. The van der Waals surface area contributed by atoms with Gasteiger partial charge in [-0.1, -0.05) is 0 Å². The topological polar surface area (TPSA) is 71.4 Å². The van der Waals surface area contributed by atoms with Crippen LogP contribution in [0.15, 0.2) is 18.2 Å². The molecule has 4 nitrogen and oxygen atoms in total. The summed E-state index contributed by atoms with van der Waals surface area (Å²) >= 11 is 0. The SMILES string of the molecule is O=Cc1ccc(O)cc1CS(=O)(=O)Cl. The van der Waals surface area contributed by atoms with Crippen LogP contribution in [0.2, 0.25) is 0 Å². The zero-order valence-electron chi connectivity index (χ0n) is 6.97. The molecule has 1 rings (SSSR count). The van der Waals surface area contributed by atoms with Crippen molar-refractivity contribution in [2.75, 3.05) is 0 Å². The minimum absolute atomic E-state index is 0.106. The van der Waals surface area contributed by atoms with E-state index in [9.17, 15) is 13.2 Å². The van der Waals surface area contributed by atoms with Gasteiger partial charge in [0.25, 0.3) is 0 Å². The minimum Gasteiger partial charge on any atom is -0.508 e. The molecular weight excluding hydrogens is 228 g/mol. The highest BCUT2D eigenvalue weighted by Gasteiger charge is 2.11. The summed E-state index contributed by atoms with van der Waals surface area (Å²) in [6.07, 6.45) is 0.511. The van der Waals surface area contributed by atoms with Crippen molar-refractivity contribution in [3.8, 4) is 5.75 Å². The van der Waals surface area contributed by atoms with E-state index in [0.29, 0.717) is 6.29 Å². The number of hydrogen-bond donors (Lipinski definition) is 1. The Morgan fingerprint density at radius 3 is 2.57 bits per heavy atom. The summed E-state index contributed by atoms with van der Waals surface area (Å²) in [5.74, 6) is -0.581. The summed E-state index contributed by atoms with van der Waals surface area (Å²) in [5.41, 5.74) is 0.391. The molecule has 6 heteroatoms. The van der Waals surface area contributed by atoms with E-state index in [1.807, 2.05) is 0 Å². The van der Waals surface area contributed by atoms with Crippen LogP contribution < -0.4 is 0 Å². The molecule has 1 N–H and O–H groups in total. The van der Waals surface area contributed by atoms with E-state index in [2.05, 4.69) is 0 Å². The third kappa shape index (κ3) is 3.01. The fourth-order valence-corrected chi connectivity index (χ4v) is 1.99. The highest BCUT2D eigenvalue weighted by Crippen LogP contribution is 2.19. The third-order valence-corrected chi connectivity index (χ3v) is 2.56. The second kappa shape index (κ2) is 3.98. The number of rotatable bonds is 3. The maximum absolute atomic E-state index is 10.7. The van der Waals surface area contributed by atoms with E-state index in [-0.39, 0.29) is 16.9 Å². The van der Waals surface area contributed by atoms with Crippen molar-refractivity contribution in [1.82, 2.24) is 0 Å². The maximum atomic E-state index is 10.7. The molecule has 0 bridgehead atoms. The minimum atomic E-state index is -3.72. The Kier molecular flexibility index (Phi) is 3.13. The van der Waals surface area contributed by atoms with Gasteiger partial charge in [-0.25, -0.2) is 8.42 Å². The quantitative estimate of drug-likeness (QED) is 0.632. The first-order valence-corrected chi connectivity index (χ1v) is 6.09. The average Bonchev–Trinajstić information content (AvgIpc) is 2.01. The zero-order chi connectivity index (χ0) is 10.8. The summed E-state index contributed by atoms with van der Waals surface area (Å²) in [4.78, 5) is 10.5. The molecule has 0 radical (unpaired) electrons. The Balaban J connectivity index is 3.18. The Bertz CT molecular complexity index is 452. The number of phenolic OH excluding ortho intramolecular Hbond substituents is 1. The molecule has 0 unspecified atom stereocenters. The van der Waals surface area contributed by atoms with Crippen molar-refractivity contribution in [3.05, 3.63) is 29.3 Å². The molecule has 0 saturated heterocycles. The van der Waals surface area contributed by atoms with Gasteiger partial charge in [-0.2, -0.15) is 0 Å². The van der Waals surface area contributed by atoms with Crippen molar-refractivity contribution in [1.29, 1.82) is 0 Å². The van der Waals surface area contributed by atoms with Gasteiger partial charge in [-0.3, -0.25) is 4.79 Å². The number of aldehydes is 1. The number of carbonyl (C=O) groups excluding carboxylic acids is 1. The lowest BCUT2D eigenvalue weighted by Crippen LogP contribution is -1.99. The van der Waals surface area contributed by atoms with E-state index < -0.39 is 14.8 Å². The van der Waals surface area contributed by atoms with E-state index >= 15 is 0 Å². The molecule has 0 heterocycles. The fourth-order valence-electron chi connectivity index (χ4n) is 1.02. The van der Waals surface area contributed by atoms with Crippen LogP contribution >= 0.6 is 10.7 Å². The van der Waals surface area contributed by atoms with Crippen LogP contribution in [-0.2, 0) is 14.8 Å². The Morgan fingerprint density at radius 1 is 1.43 bits per heavy atom. The van der Waals surface area contributed by atoms with Crippen LogP contribution in [-0.4, -0.2) is 19.8 Å². The van der Waals surface area contributed by atoms with Gasteiger partial charge in [0, 0.05) is 16.2 Å². The largest absolute Gasteiger partial charge is 0.508 e. The van der Waals surface area contributed by atoms with E-state index in [1.54, 1.807) is 0 Å². The average molecular weight is 235 g/mol. The van der Waals surface area contributed by atoms with Gasteiger partial charge in [0.2, 0.25) is 9.05 Å². The molecule has 0 atom stereocenters. The molecule has 76 valence electrons. The Morgan fingerprint density at radius 2 is 2.07 bits per heavy atom. The Labute approximate surface area is 85.5 Å². The Hall–Kier alpha value is -1.07. The molecule has 0 amide bonds. The van der Waals surface area contributed by atoms with Crippen molar-refractivity contribution in [3.63, 3.8) is 0 Å². The predicted molar refractivity (Wildman–Crippen MR) is 52.0 cm³/mol. The molecule has 0 aliphatic rings. The fraction of sp³-hybridized carbons (Fsp3) is 0.125. The number of phenols is 1. The summed E-state index contributed by atoms with van der Waals surface area (Å²) in [6, 6.07) is 3.83. The third-order valence-electron chi connectivity index (χ3n) is 1.58. The highest BCUT2D eigenvalue weighted by atomic mass is 35.7. The van der Waals surface area contributed by atoms with E-state index in [4.69, 9.17) is 15.8 Å². The monoisotopic (exact) mass is 234 g/mol. The van der Waals surface area contributed by atoms with Crippen molar-refractivity contribution in [2.24, 2.45) is 0 Å². The lowest BCUT2D eigenvalue weighted by atomic mass is 10.1. The van der Waals surface area contributed by atoms with Crippen LogP contribution in [0.3, 0.4) is 0 Å². The molecule has 0 aliphatic carbocycles. The zero-order valence-corrected chi connectivity index (χ0v) is 8.55. The second-order valence-corrected chi connectivity index (χ2v) is 5.46. The molecule has 0 spiro atoms. The second-order valence-electron chi connectivity index (χ2n) is 2.68. The van der Waals surface area contributed by atoms with Gasteiger partial charge < -0.3 is 5.11 Å². The smallest absolute Gasteiger partial charge is 0.236 e. The van der Waals surface area contributed by atoms with Crippen LogP contribution in [0, 0.1) is 0 Å². The van der Waals surface area contributed by atoms with Crippen LogP contribution in [0.1, 0.15) is 15.9 Å². The van der Waals surface area contributed by atoms with Gasteiger partial charge in [-0.15, -0.1) is 0 Å². The molecule has 1 aromatic carbocycles. The van der Waals surface area contributed by atoms with Gasteiger partial charge >= 0.3 is 0 Å². The van der Waals surface area contributed by atoms with Crippen molar-refractivity contribution < 1.29 is 18.3 Å². The molecule has 14 heavy (non-hydrogen) atoms. The molecule has 0 fully saturated rings. The van der Waals surface area contributed by atoms with Crippen molar-refractivity contribution >= 4 is 26.0 Å². The predicted octanol–water partition coefficient (Wildman–Crippen LogP) is 1.27. The molecule has 0 saturated carbocycles. The highest BCUT2D eigenvalue weighted by molar-refractivity contribution is 8.13. The molecular formula is C8H7ClO4S. The van der Waals surface area contributed by atoms with Gasteiger partial charge in [0.1, 0.15) is 12.0 Å². The lowest BCUT2D eigenvalue weighted by molar-refractivity contribution is 0.112. The number of aromatic hydroxyl groups is 1. The summed E-state index contributed by atoms with van der Waals surface area (Å²) in [5, 5.41) is 9.08. The molecule has 0 aliphatic heterocycles. The van der Waals surface area contributed by atoms with Crippen molar-refractivity contribution in [2.45, 2.75) is 5.75 Å². The van der Waals surface area contributed by atoms with Crippen LogP contribution in [0.5, 0.6) is 5.75 Å². The number of hydrogen-bond acceptors (Lipinski definition) is 4. The number of carbonyl (C=O) groups is 1. The number of halogens is 1. The molecule has 1 aromatic rings. The van der Waals surface area contributed by atoms with Gasteiger partial charge in [0.15, 0.2) is 0 Å². The maximum Gasteiger partial charge on any atom is 0.236 e. The first-order chi connectivity index (χ1) is 6.42. The van der Waals surface area contributed by atoms with Gasteiger partial charge in [0.05, 0.1) is 5.75 Å². The lowest BCUT2D eigenvalue weighted by Gasteiger charge is -2.02.